The van der Waals surface area contributed by atoms with Crippen molar-refractivity contribution < 1.29 is 24.2 Å². The molecule has 0 aromatic heterocycles. The number of hydrogen-bond donors (Lipinski definition) is 2. The third-order valence-electron chi connectivity index (χ3n) is 3.69. The van der Waals surface area contributed by atoms with Crippen LogP contribution in [0.5, 0.6) is 11.5 Å². The number of aliphatic carboxylic acids is 1. The molecule has 138 valence electrons. The highest BCUT2D eigenvalue weighted by Gasteiger charge is 2.13. The minimum absolute atomic E-state index is 0.284. The van der Waals surface area contributed by atoms with E-state index in [-0.39, 0.29) is 11.7 Å². The van der Waals surface area contributed by atoms with Crippen molar-refractivity contribution in [1.29, 1.82) is 0 Å². The van der Waals surface area contributed by atoms with E-state index in [9.17, 15) is 9.59 Å². The Kier molecular flexibility index (Phi) is 6.60. The molecule has 6 nitrogen and oxygen atoms in total. The van der Waals surface area contributed by atoms with E-state index < -0.39 is 12.6 Å². The van der Waals surface area contributed by atoms with Crippen LogP contribution in [-0.2, 0) is 4.79 Å². The Hall–Kier alpha value is -3.02. The van der Waals surface area contributed by atoms with E-state index in [1.165, 1.54) is 11.6 Å². The van der Waals surface area contributed by atoms with Crippen LogP contribution < -0.4 is 14.8 Å². The van der Waals surface area contributed by atoms with Gasteiger partial charge in [0.2, 0.25) is 0 Å². The van der Waals surface area contributed by atoms with E-state index in [1.807, 2.05) is 24.3 Å². The number of benzene rings is 2. The average Bonchev–Trinajstić information content (AvgIpc) is 2.61. The quantitative estimate of drug-likeness (QED) is 0.748. The smallest absolute Gasteiger partial charge is 0.341 e. The first-order valence-electron chi connectivity index (χ1n) is 8.43. The predicted octanol–water partition coefficient (Wildman–Crippen LogP) is 3.92. The number of amides is 1. The zero-order chi connectivity index (χ0) is 19.1. The van der Waals surface area contributed by atoms with Crippen LogP contribution in [0.25, 0.3) is 0 Å². The Morgan fingerprint density at radius 3 is 2.31 bits per heavy atom. The Balaban J connectivity index is 2.14. The van der Waals surface area contributed by atoms with Crippen LogP contribution >= 0.6 is 0 Å². The molecule has 2 N–H and O–H groups in total. The predicted molar refractivity (Wildman–Crippen MR) is 99.2 cm³/mol. The summed E-state index contributed by atoms with van der Waals surface area (Å²) in [6, 6.07) is 12.3. The van der Waals surface area contributed by atoms with E-state index in [0.29, 0.717) is 29.5 Å². The molecule has 0 aliphatic rings. The molecule has 6 heteroatoms. The number of hydrogen-bond acceptors (Lipinski definition) is 4. The molecule has 2 rings (SSSR count). The molecule has 26 heavy (non-hydrogen) atoms. The molecule has 0 bridgehead atoms. The van der Waals surface area contributed by atoms with Crippen LogP contribution in [0, 0.1) is 0 Å². The third kappa shape index (κ3) is 5.24. The number of rotatable bonds is 8. The summed E-state index contributed by atoms with van der Waals surface area (Å²) in [6.07, 6.45) is 0. The van der Waals surface area contributed by atoms with E-state index in [0.717, 1.165) is 0 Å². The summed E-state index contributed by atoms with van der Waals surface area (Å²) < 4.78 is 10.6. The van der Waals surface area contributed by atoms with Crippen molar-refractivity contribution in [2.75, 3.05) is 18.5 Å². The van der Waals surface area contributed by atoms with Gasteiger partial charge in [-0.2, -0.15) is 0 Å². The van der Waals surface area contributed by atoms with Crippen LogP contribution in [-0.4, -0.2) is 30.2 Å². The largest absolute Gasteiger partial charge is 0.490 e. The van der Waals surface area contributed by atoms with Crippen molar-refractivity contribution in [3.05, 3.63) is 53.6 Å². The molecule has 0 heterocycles. The normalized spacial score (nSPS) is 10.5. The molecule has 0 saturated heterocycles. The van der Waals surface area contributed by atoms with Crippen molar-refractivity contribution >= 4 is 17.6 Å². The van der Waals surface area contributed by atoms with Gasteiger partial charge >= 0.3 is 5.97 Å². The number of nitrogens with one attached hydrogen (secondary N) is 1. The standard InChI is InChI=1S/C20H23NO5/c1-4-25-18-11-15(7-10-17(18)26-12-19(22)23)20(24)21-16-8-5-14(6-9-16)13(2)3/h5-11,13H,4,12H2,1-3H3,(H,21,24)(H,22,23). The first-order chi connectivity index (χ1) is 12.4. The van der Waals surface area contributed by atoms with Gasteiger partial charge in [0.15, 0.2) is 18.1 Å². The second-order valence-corrected chi connectivity index (χ2v) is 6.01. The summed E-state index contributed by atoms with van der Waals surface area (Å²) >= 11 is 0. The molecule has 0 aliphatic heterocycles. The first-order valence-corrected chi connectivity index (χ1v) is 8.43. The number of ether oxygens (including phenoxy) is 2. The van der Waals surface area contributed by atoms with E-state index >= 15 is 0 Å². The highest BCUT2D eigenvalue weighted by atomic mass is 16.5. The summed E-state index contributed by atoms with van der Waals surface area (Å²) in [6.45, 7) is 5.90. The minimum atomic E-state index is -1.08. The van der Waals surface area contributed by atoms with Gasteiger partial charge in [-0.3, -0.25) is 4.79 Å². The monoisotopic (exact) mass is 357 g/mol. The second kappa shape index (κ2) is 8.89. The summed E-state index contributed by atoms with van der Waals surface area (Å²) in [4.78, 5) is 23.1. The van der Waals surface area contributed by atoms with Gasteiger partial charge < -0.3 is 19.9 Å². The van der Waals surface area contributed by atoms with Crippen molar-refractivity contribution in [2.45, 2.75) is 26.7 Å². The number of carboxylic acids is 1. The fourth-order valence-corrected chi connectivity index (χ4v) is 2.33. The van der Waals surface area contributed by atoms with Crippen molar-refractivity contribution in [3.63, 3.8) is 0 Å². The number of carbonyl (C=O) groups is 2. The highest BCUT2D eigenvalue weighted by molar-refractivity contribution is 6.04. The van der Waals surface area contributed by atoms with E-state index in [1.54, 1.807) is 19.1 Å². The van der Waals surface area contributed by atoms with Gasteiger partial charge in [0, 0.05) is 11.3 Å². The molecule has 0 radical (unpaired) electrons. The van der Waals surface area contributed by atoms with Gasteiger partial charge in [-0.05, 0) is 48.7 Å². The molecule has 2 aromatic carbocycles. The summed E-state index contributed by atoms with van der Waals surface area (Å²) in [7, 11) is 0. The van der Waals surface area contributed by atoms with E-state index in [4.69, 9.17) is 14.6 Å². The molecule has 0 unspecified atom stereocenters. The SMILES string of the molecule is CCOc1cc(C(=O)Nc2ccc(C(C)C)cc2)ccc1OCC(=O)O. The zero-order valence-electron chi connectivity index (χ0n) is 15.1. The molecular weight excluding hydrogens is 334 g/mol. The second-order valence-electron chi connectivity index (χ2n) is 6.01. The van der Waals surface area contributed by atoms with Crippen LogP contribution in [0.2, 0.25) is 0 Å². The maximum absolute atomic E-state index is 12.5. The van der Waals surface area contributed by atoms with Gasteiger partial charge in [0.1, 0.15) is 0 Å². The van der Waals surface area contributed by atoms with Crippen molar-refractivity contribution in [3.8, 4) is 11.5 Å². The molecule has 0 spiro atoms. The van der Waals surface area contributed by atoms with Gasteiger partial charge in [-0.25, -0.2) is 4.79 Å². The Bertz CT molecular complexity index is 768. The summed E-state index contributed by atoms with van der Waals surface area (Å²) in [5.41, 5.74) is 2.29. The molecule has 2 aromatic rings. The van der Waals surface area contributed by atoms with Gasteiger partial charge in [-0.15, -0.1) is 0 Å². The van der Waals surface area contributed by atoms with Crippen LogP contribution in [0.15, 0.2) is 42.5 Å². The fraction of sp³-hybridized carbons (Fsp3) is 0.300. The van der Waals surface area contributed by atoms with Gasteiger partial charge in [-0.1, -0.05) is 26.0 Å². The number of carboxylic acid groups (broad SMARTS) is 1. The topological polar surface area (TPSA) is 84.9 Å². The lowest BCUT2D eigenvalue weighted by Crippen LogP contribution is -2.13. The average molecular weight is 357 g/mol. The van der Waals surface area contributed by atoms with Gasteiger partial charge in [0.05, 0.1) is 6.61 Å². The lowest BCUT2D eigenvalue weighted by Gasteiger charge is -2.13. The first kappa shape index (κ1) is 19.3. The number of carbonyl (C=O) groups excluding carboxylic acids is 1. The molecule has 0 saturated carbocycles. The van der Waals surface area contributed by atoms with Crippen molar-refractivity contribution in [2.24, 2.45) is 0 Å². The van der Waals surface area contributed by atoms with Crippen LogP contribution in [0.1, 0.15) is 42.6 Å². The summed E-state index contributed by atoms with van der Waals surface area (Å²) in [5.74, 6) is -0.331. The zero-order valence-corrected chi connectivity index (χ0v) is 15.1. The third-order valence-corrected chi connectivity index (χ3v) is 3.69. The molecule has 0 atom stereocenters. The fourth-order valence-electron chi connectivity index (χ4n) is 2.33. The van der Waals surface area contributed by atoms with Crippen LogP contribution in [0.4, 0.5) is 5.69 Å². The van der Waals surface area contributed by atoms with E-state index in [2.05, 4.69) is 19.2 Å². The Labute approximate surface area is 152 Å². The lowest BCUT2D eigenvalue weighted by atomic mass is 10.0. The molecule has 1 amide bonds. The molecular formula is C20H23NO5. The number of anilines is 1. The minimum Gasteiger partial charge on any atom is -0.490 e. The van der Waals surface area contributed by atoms with Crippen molar-refractivity contribution in [1.82, 2.24) is 0 Å². The Morgan fingerprint density at radius 2 is 1.73 bits per heavy atom. The highest BCUT2D eigenvalue weighted by Crippen LogP contribution is 2.29. The molecule has 0 aliphatic carbocycles. The van der Waals surface area contributed by atoms with Gasteiger partial charge in [0.25, 0.3) is 5.91 Å². The Morgan fingerprint density at radius 1 is 1.04 bits per heavy atom. The maximum atomic E-state index is 12.5. The molecule has 0 fully saturated rings. The summed E-state index contributed by atoms with van der Waals surface area (Å²) in [5, 5.41) is 11.6. The van der Waals surface area contributed by atoms with Crippen LogP contribution in [0.3, 0.4) is 0 Å². The maximum Gasteiger partial charge on any atom is 0.341 e. The lowest BCUT2D eigenvalue weighted by molar-refractivity contribution is -0.139.